The molecule has 0 saturated heterocycles. The van der Waals surface area contributed by atoms with E-state index >= 15 is 0 Å². The highest BCUT2D eigenvalue weighted by Gasteiger charge is 2.16. The van der Waals surface area contributed by atoms with Crippen molar-refractivity contribution in [1.29, 1.82) is 0 Å². The van der Waals surface area contributed by atoms with E-state index in [-0.39, 0.29) is 17.4 Å². The highest BCUT2D eigenvalue weighted by atomic mass is 16.5. The van der Waals surface area contributed by atoms with Crippen molar-refractivity contribution >= 4 is 29.4 Å². The van der Waals surface area contributed by atoms with Crippen LogP contribution >= 0.6 is 0 Å². The third-order valence-electron chi connectivity index (χ3n) is 3.07. The van der Waals surface area contributed by atoms with Gasteiger partial charge >= 0.3 is 5.97 Å². The van der Waals surface area contributed by atoms with Crippen molar-refractivity contribution in [2.24, 2.45) is 0 Å². The fourth-order valence-electron chi connectivity index (χ4n) is 1.89. The molecule has 0 spiro atoms. The van der Waals surface area contributed by atoms with Gasteiger partial charge in [-0.3, -0.25) is 14.4 Å². The molecule has 3 amide bonds. The van der Waals surface area contributed by atoms with E-state index in [2.05, 4.69) is 16.0 Å². The first-order valence-electron chi connectivity index (χ1n) is 7.95. The summed E-state index contributed by atoms with van der Waals surface area (Å²) >= 11 is 0. The lowest BCUT2D eigenvalue weighted by Gasteiger charge is -2.14. The Bertz CT molecular complexity index is 645. The molecule has 0 unspecified atom stereocenters. The maximum atomic E-state index is 12.0. The van der Waals surface area contributed by atoms with E-state index in [1.54, 1.807) is 19.1 Å². The summed E-state index contributed by atoms with van der Waals surface area (Å²) in [5.74, 6) is -1.85. The minimum absolute atomic E-state index is 0.202. The molecule has 25 heavy (non-hydrogen) atoms. The molecule has 0 radical (unpaired) electrons. The van der Waals surface area contributed by atoms with Gasteiger partial charge in [0.2, 0.25) is 11.8 Å². The average molecular weight is 349 g/mol. The van der Waals surface area contributed by atoms with E-state index in [0.29, 0.717) is 12.2 Å². The zero-order chi connectivity index (χ0) is 18.8. The molecule has 0 aliphatic carbocycles. The van der Waals surface area contributed by atoms with Crippen LogP contribution in [0.1, 0.15) is 37.6 Å². The van der Waals surface area contributed by atoms with Gasteiger partial charge in [-0.2, -0.15) is 0 Å². The van der Waals surface area contributed by atoms with Crippen LogP contribution in [0.2, 0.25) is 0 Å². The highest BCUT2D eigenvalue weighted by molar-refractivity contribution is 5.95. The van der Waals surface area contributed by atoms with E-state index in [0.717, 1.165) is 6.42 Å². The third-order valence-corrected chi connectivity index (χ3v) is 3.07. The third kappa shape index (κ3) is 7.47. The van der Waals surface area contributed by atoms with E-state index in [1.807, 2.05) is 6.92 Å². The van der Waals surface area contributed by atoms with Crippen LogP contribution in [0.3, 0.4) is 0 Å². The van der Waals surface area contributed by atoms with Gasteiger partial charge in [-0.25, -0.2) is 4.79 Å². The Hall–Kier alpha value is -2.90. The van der Waals surface area contributed by atoms with Crippen LogP contribution in [0.5, 0.6) is 0 Å². The molecular formula is C17H23N3O5. The molecule has 0 aliphatic rings. The Morgan fingerprint density at radius 3 is 2.56 bits per heavy atom. The molecule has 1 aromatic rings. The summed E-state index contributed by atoms with van der Waals surface area (Å²) in [6.45, 7) is 4.84. The van der Waals surface area contributed by atoms with Gasteiger partial charge in [-0.05, 0) is 31.5 Å². The molecule has 3 N–H and O–H groups in total. The number of carbonyl (C=O) groups excluding carboxylic acids is 4. The van der Waals surface area contributed by atoms with Crippen molar-refractivity contribution in [2.75, 3.05) is 18.5 Å². The van der Waals surface area contributed by atoms with Crippen LogP contribution in [0.25, 0.3) is 0 Å². The molecule has 0 bridgehead atoms. The van der Waals surface area contributed by atoms with Gasteiger partial charge in [0, 0.05) is 19.2 Å². The highest BCUT2D eigenvalue weighted by Crippen LogP contribution is 2.11. The molecule has 136 valence electrons. The molecule has 0 aromatic heterocycles. The largest absolute Gasteiger partial charge is 0.452 e. The summed E-state index contributed by atoms with van der Waals surface area (Å²) in [5, 5.41) is 7.65. The van der Waals surface area contributed by atoms with Crippen molar-refractivity contribution in [3.63, 3.8) is 0 Å². The van der Waals surface area contributed by atoms with Gasteiger partial charge in [0.1, 0.15) is 6.04 Å². The van der Waals surface area contributed by atoms with Crippen molar-refractivity contribution in [3.8, 4) is 0 Å². The van der Waals surface area contributed by atoms with E-state index in [1.165, 1.54) is 19.1 Å². The molecule has 0 fully saturated rings. The predicted octanol–water partition coefficient (Wildman–Crippen LogP) is 0.833. The molecule has 1 rings (SSSR count). The first-order valence-corrected chi connectivity index (χ1v) is 7.95. The Morgan fingerprint density at radius 2 is 1.92 bits per heavy atom. The van der Waals surface area contributed by atoms with Crippen molar-refractivity contribution in [2.45, 2.75) is 33.2 Å². The predicted molar refractivity (Wildman–Crippen MR) is 91.9 cm³/mol. The molecule has 8 heteroatoms. The Labute approximate surface area is 146 Å². The summed E-state index contributed by atoms with van der Waals surface area (Å²) in [7, 11) is 0. The smallest absolute Gasteiger partial charge is 0.338 e. The second-order valence-electron chi connectivity index (χ2n) is 5.42. The number of esters is 1. The fourth-order valence-corrected chi connectivity index (χ4v) is 1.89. The SMILES string of the molecule is CCCNC(=O)[C@@H](C)NC(=O)COC(=O)c1cccc(NC(C)=O)c1. The minimum Gasteiger partial charge on any atom is -0.452 e. The van der Waals surface area contributed by atoms with Crippen molar-refractivity contribution in [3.05, 3.63) is 29.8 Å². The maximum absolute atomic E-state index is 12.0. The van der Waals surface area contributed by atoms with Gasteiger partial charge in [-0.1, -0.05) is 13.0 Å². The number of amides is 3. The summed E-state index contributed by atoms with van der Waals surface area (Å²) < 4.78 is 4.92. The van der Waals surface area contributed by atoms with E-state index < -0.39 is 24.5 Å². The summed E-state index contributed by atoms with van der Waals surface area (Å²) in [4.78, 5) is 46.4. The summed E-state index contributed by atoms with van der Waals surface area (Å²) in [5.41, 5.74) is 0.653. The van der Waals surface area contributed by atoms with E-state index in [9.17, 15) is 19.2 Å². The Balaban J connectivity index is 2.49. The van der Waals surface area contributed by atoms with Gasteiger partial charge in [-0.15, -0.1) is 0 Å². The zero-order valence-electron chi connectivity index (χ0n) is 14.5. The Kier molecular flexibility index (Phi) is 8.11. The normalized spacial score (nSPS) is 11.2. The number of anilines is 1. The molecule has 1 atom stereocenters. The van der Waals surface area contributed by atoms with Crippen molar-refractivity contribution < 1.29 is 23.9 Å². The van der Waals surface area contributed by atoms with Gasteiger partial charge in [0.05, 0.1) is 5.56 Å². The Morgan fingerprint density at radius 1 is 1.20 bits per heavy atom. The van der Waals surface area contributed by atoms with Crippen molar-refractivity contribution in [1.82, 2.24) is 10.6 Å². The quantitative estimate of drug-likeness (QED) is 0.602. The standard InChI is InChI=1S/C17H23N3O5/c1-4-8-18-16(23)11(2)19-15(22)10-25-17(24)13-6-5-7-14(9-13)20-12(3)21/h5-7,9,11H,4,8,10H2,1-3H3,(H,18,23)(H,19,22)(H,20,21)/t11-/m1/s1. The number of ether oxygens (including phenoxy) is 1. The average Bonchev–Trinajstić information content (AvgIpc) is 2.57. The van der Waals surface area contributed by atoms with Crippen LogP contribution in [0.15, 0.2) is 24.3 Å². The van der Waals surface area contributed by atoms with Gasteiger partial charge in [0.25, 0.3) is 5.91 Å². The second-order valence-corrected chi connectivity index (χ2v) is 5.42. The topological polar surface area (TPSA) is 114 Å². The van der Waals surface area contributed by atoms with Crippen LogP contribution < -0.4 is 16.0 Å². The lowest BCUT2D eigenvalue weighted by Crippen LogP contribution is -2.46. The van der Waals surface area contributed by atoms with E-state index in [4.69, 9.17) is 4.74 Å². The number of hydrogen-bond donors (Lipinski definition) is 3. The lowest BCUT2D eigenvalue weighted by atomic mass is 10.2. The second kappa shape index (κ2) is 10.1. The first kappa shape index (κ1) is 20.1. The first-order chi connectivity index (χ1) is 11.8. The fraction of sp³-hybridized carbons (Fsp3) is 0.412. The van der Waals surface area contributed by atoms with Crippen LogP contribution in [0, 0.1) is 0 Å². The summed E-state index contributed by atoms with van der Waals surface area (Å²) in [6.07, 6.45) is 0.793. The maximum Gasteiger partial charge on any atom is 0.338 e. The number of hydrogen-bond acceptors (Lipinski definition) is 5. The molecule has 0 heterocycles. The number of rotatable bonds is 8. The number of benzene rings is 1. The molecule has 0 aliphatic heterocycles. The minimum atomic E-state index is -0.721. The molecule has 8 nitrogen and oxygen atoms in total. The summed E-state index contributed by atoms with van der Waals surface area (Å²) in [6, 6.07) is 5.44. The zero-order valence-corrected chi connectivity index (χ0v) is 14.5. The van der Waals surface area contributed by atoms with Crippen LogP contribution in [-0.4, -0.2) is 42.9 Å². The monoisotopic (exact) mass is 349 g/mol. The lowest BCUT2D eigenvalue weighted by molar-refractivity contribution is -0.130. The van der Waals surface area contributed by atoms with Gasteiger partial charge < -0.3 is 20.7 Å². The van der Waals surface area contributed by atoms with Crippen LogP contribution in [-0.2, 0) is 19.1 Å². The molecular weight excluding hydrogens is 326 g/mol. The molecule has 0 saturated carbocycles. The molecule has 1 aromatic carbocycles. The van der Waals surface area contributed by atoms with Gasteiger partial charge in [0.15, 0.2) is 6.61 Å². The van der Waals surface area contributed by atoms with Crippen LogP contribution in [0.4, 0.5) is 5.69 Å². The number of carbonyl (C=O) groups is 4. The number of nitrogens with one attached hydrogen (secondary N) is 3.